The molecule has 1 N–H and O–H groups in total. The van der Waals surface area contributed by atoms with Crippen molar-refractivity contribution in [2.45, 2.75) is 59.9 Å². The van der Waals surface area contributed by atoms with Crippen molar-refractivity contribution in [2.75, 3.05) is 13.2 Å². The highest BCUT2D eigenvalue weighted by Crippen LogP contribution is 2.18. The van der Waals surface area contributed by atoms with Crippen LogP contribution in [0.5, 0.6) is 5.88 Å². The molecule has 0 aliphatic carbocycles. The van der Waals surface area contributed by atoms with Crippen LogP contribution >= 0.6 is 0 Å². The fraction of sp³-hybridized carbons (Fsp3) is 0.722. The molecule has 3 heteroatoms. The number of hydrogen-bond donors (Lipinski definition) is 1. The van der Waals surface area contributed by atoms with Gasteiger partial charge in [-0.2, -0.15) is 0 Å². The molecule has 0 aliphatic heterocycles. The van der Waals surface area contributed by atoms with E-state index in [1.165, 1.54) is 25.7 Å². The second kappa shape index (κ2) is 10.6. The van der Waals surface area contributed by atoms with Gasteiger partial charge in [0.15, 0.2) is 0 Å². The molecule has 1 heterocycles. The first-order valence-corrected chi connectivity index (χ1v) is 8.44. The SMILES string of the molecule is CCCCC(CC)COc1ncccc1CNCC(C)C. The van der Waals surface area contributed by atoms with Crippen molar-refractivity contribution in [2.24, 2.45) is 11.8 Å². The molecular formula is C18H32N2O. The quantitative estimate of drug-likeness (QED) is 0.655. The van der Waals surface area contributed by atoms with Crippen LogP contribution in [-0.2, 0) is 6.54 Å². The van der Waals surface area contributed by atoms with E-state index in [-0.39, 0.29) is 0 Å². The molecule has 1 unspecified atom stereocenters. The number of pyridine rings is 1. The predicted octanol–water partition coefficient (Wildman–Crippen LogP) is 4.42. The van der Waals surface area contributed by atoms with Crippen molar-refractivity contribution in [3.63, 3.8) is 0 Å². The van der Waals surface area contributed by atoms with Gasteiger partial charge in [0.05, 0.1) is 6.61 Å². The van der Waals surface area contributed by atoms with Crippen LogP contribution in [0.1, 0.15) is 58.9 Å². The molecule has 0 radical (unpaired) electrons. The summed E-state index contributed by atoms with van der Waals surface area (Å²) in [5, 5.41) is 3.46. The Bertz CT molecular complexity index is 379. The minimum atomic E-state index is 0.642. The summed E-state index contributed by atoms with van der Waals surface area (Å²) in [6.45, 7) is 11.5. The standard InChI is InChI=1S/C18H32N2O/c1-5-7-9-16(6-2)14-21-18-17(10-8-11-20-18)13-19-12-15(3)4/h8,10-11,15-16,19H,5-7,9,12-14H2,1-4H3. The van der Waals surface area contributed by atoms with E-state index in [4.69, 9.17) is 4.74 Å². The van der Waals surface area contributed by atoms with Gasteiger partial charge in [0.25, 0.3) is 0 Å². The third kappa shape index (κ3) is 7.47. The normalized spacial score (nSPS) is 12.6. The Hall–Kier alpha value is -1.09. The van der Waals surface area contributed by atoms with Crippen LogP contribution in [0.15, 0.2) is 18.3 Å². The molecule has 3 nitrogen and oxygen atoms in total. The van der Waals surface area contributed by atoms with Gasteiger partial charge in [0.2, 0.25) is 5.88 Å². The van der Waals surface area contributed by atoms with E-state index in [2.05, 4.69) is 44.1 Å². The van der Waals surface area contributed by atoms with Gasteiger partial charge in [-0.05, 0) is 30.9 Å². The summed E-state index contributed by atoms with van der Waals surface area (Å²) in [6, 6.07) is 4.08. The molecule has 0 bridgehead atoms. The maximum absolute atomic E-state index is 5.99. The second-order valence-corrected chi connectivity index (χ2v) is 6.22. The molecule has 1 rings (SSSR count). The zero-order valence-corrected chi connectivity index (χ0v) is 14.2. The van der Waals surface area contributed by atoms with Crippen molar-refractivity contribution in [1.29, 1.82) is 0 Å². The fourth-order valence-corrected chi connectivity index (χ4v) is 2.28. The van der Waals surface area contributed by atoms with Gasteiger partial charge in [-0.3, -0.25) is 0 Å². The summed E-state index contributed by atoms with van der Waals surface area (Å²) in [7, 11) is 0. The summed E-state index contributed by atoms with van der Waals surface area (Å²) in [5.74, 6) is 2.09. The zero-order chi connectivity index (χ0) is 15.5. The van der Waals surface area contributed by atoms with Gasteiger partial charge < -0.3 is 10.1 Å². The number of hydrogen-bond acceptors (Lipinski definition) is 3. The zero-order valence-electron chi connectivity index (χ0n) is 14.2. The maximum Gasteiger partial charge on any atom is 0.217 e. The van der Waals surface area contributed by atoms with Gasteiger partial charge in [0, 0.05) is 18.3 Å². The number of rotatable bonds is 11. The highest BCUT2D eigenvalue weighted by Gasteiger charge is 2.10. The lowest BCUT2D eigenvalue weighted by Crippen LogP contribution is -2.20. The summed E-state index contributed by atoms with van der Waals surface area (Å²) in [6.07, 6.45) is 6.78. The largest absolute Gasteiger partial charge is 0.477 e. The Labute approximate surface area is 130 Å². The lowest BCUT2D eigenvalue weighted by molar-refractivity contribution is 0.223. The predicted molar refractivity (Wildman–Crippen MR) is 89.6 cm³/mol. The summed E-state index contributed by atoms with van der Waals surface area (Å²) in [5.41, 5.74) is 1.16. The van der Waals surface area contributed by atoms with Crippen LogP contribution < -0.4 is 10.1 Å². The third-order valence-electron chi connectivity index (χ3n) is 3.72. The van der Waals surface area contributed by atoms with Crippen molar-refractivity contribution >= 4 is 0 Å². The number of unbranched alkanes of at least 4 members (excludes halogenated alkanes) is 1. The molecule has 1 aromatic heterocycles. The van der Waals surface area contributed by atoms with Gasteiger partial charge in [-0.15, -0.1) is 0 Å². The minimum absolute atomic E-state index is 0.642. The Morgan fingerprint density at radius 1 is 1.29 bits per heavy atom. The first-order valence-electron chi connectivity index (χ1n) is 8.44. The van der Waals surface area contributed by atoms with Crippen LogP contribution in [0.3, 0.4) is 0 Å². The van der Waals surface area contributed by atoms with E-state index in [1.807, 2.05) is 12.3 Å². The highest BCUT2D eigenvalue weighted by atomic mass is 16.5. The van der Waals surface area contributed by atoms with Crippen LogP contribution in [0.25, 0.3) is 0 Å². The van der Waals surface area contributed by atoms with E-state index in [1.54, 1.807) is 0 Å². The van der Waals surface area contributed by atoms with E-state index in [0.717, 1.165) is 31.1 Å². The minimum Gasteiger partial charge on any atom is -0.477 e. The molecule has 0 amide bonds. The number of ether oxygens (including phenoxy) is 1. The molecule has 0 saturated carbocycles. The molecule has 21 heavy (non-hydrogen) atoms. The summed E-state index contributed by atoms with van der Waals surface area (Å²) in [4.78, 5) is 4.40. The van der Waals surface area contributed by atoms with Gasteiger partial charge >= 0.3 is 0 Å². The van der Waals surface area contributed by atoms with Gasteiger partial charge in [0.1, 0.15) is 0 Å². The molecule has 0 fully saturated rings. The third-order valence-corrected chi connectivity index (χ3v) is 3.72. The molecule has 0 spiro atoms. The summed E-state index contributed by atoms with van der Waals surface area (Å²) >= 11 is 0. The Morgan fingerprint density at radius 2 is 2.10 bits per heavy atom. The highest BCUT2D eigenvalue weighted by molar-refractivity contribution is 5.25. The first kappa shape index (κ1) is 18.0. The maximum atomic E-state index is 5.99. The van der Waals surface area contributed by atoms with Crippen molar-refractivity contribution in [3.8, 4) is 5.88 Å². The molecule has 0 saturated heterocycles. The monoisotopic (exact) mass is 292 g/mol. The lowest BCUT2D eigenvalue weighted by atomic mass is 10.0. The van der Waals surface area contributed by atoms with E-state index in [9.17, 15) is 0 Å². The number of aromatic nitrogens is 1. The fourth-order valence-electron chi connectivity index (χ4n) is 2.28. The van der Waals surface area contributed by atoms with Crippen molar-refractivity contribution in [3.05, 3.63) is 23.9 Å². The summed E-state index contributed by atoms with van der Waals surface area (Å²) < 4.78 is 5.99. The molecule has 0 aliphatic rings. The Balaban J connectivity index is 2.49. The van der Waals surface area contributed by atoms with Gasteiger partial charge in [-0.1, -0.05) is 53.0 Å². The molecule has 1 atom stereocenters. The Kier molecular flexibility index (Phi) is 9.07. The number of nitrogens with zero attached hydrogens (tertiary/aromatic N) is 1. The Morgan fingerprint density at radius 3 is 2.76 bits per heavy atom. The molecular weight excluding hydrogens is 260 g/mol. The van der Waals surface area contributed by atoms with Gasteiger partial charge in [-0.25, -0.2) is 4.98 Å². The molecule has 120 valence electrons. The molecule has 1 aromatic rings. The van der Waals surface area contributed by atoms with Crippen molar-refractivity contribution in [1.82, 2.24) is 10.3 Å². The van der Waals surface area contributed by atoms with Crippen LogP contribution in [0.2, 0.25) is 0 Å². The van der Waals surface area contributed by atoms with Crippen molar-refractivity contribution < 1.29 is 4.74 Å². The average molecular weight is 292 g/mol. The van der Waals surface area contributed by atoms with E-state index in [0.29, 0.717) is 11.8 Å². The second-order valence-electron chi connectivity index (χ2n) is 6.22. The van der Waals surface area contributed by atoms with Crippen LogP contribution in [0, 0.1) is 11.8 Å². The number of nitrogens with one attached hydrogen (secondary N) is 1. The van der Waals surface area contributed by atoms with Crippen LogP contribution in [-0.4, -0.2) is 18.1 Å². The average Bonchev–Trinajstić information content (AvgIpc) is 2.48. The van der Waals surface area contributed by atoms with E-state index < -0.39 is 0 Å². The topological polar surface area (TPSA) is 34.1 Å². The first-order chi connectivity index (χ1) is 10.2. The smallest absolute Gasteiger partial charge is 0.217 e. The molecule has 0 aromatic carbocycles. The van der Waals surface area contributed by atoms with Crippen LogP contribution in [0.4, 0.5) is 0 Å². The van der Waals surface area contributed by atoms with E-state index >= 15 is 0 Å². The lowest BCUT2D eigenvalue weighted by Gasteiger charge is -2.17.